The van der Waals surface area contributed by atoms with Crippen molar-refractivity contribution in [1.29, 1.82) is 0 Å². The molecule has 1 aliphatic heterocycles. The Morgan fingerprint density at radius 1 is 1.47 bits per heavy atom. The fourth-order valence-corrected chi connectivity index (χ4v) is 2.75. The van der Waals surface area contributed by atoms with E-state index in [2.05, 4.69) is 27.3 Å². The van der Waals surface area contributed by atoms with Gasteiger partial charge in [0.25, 0.3) is 0 Å². The molecule has 1 atom stereocenters. The molecule has 0 fully saturated rings. The average molecular weight is 317 g/mol. The number of rotatable bonds is 3. The lowest BCUT2D eigenvalue weighted by molar-refractivity contribution is 0.169. The van der Waals surface area contributed by atoms with Crippen LogP contribution in [0.4, 0.5) is 0 Å². The van der Waals surface area contributed by atoms with Crippen molar-refractivity contribution in [3.8, 4) is 0 Å². The summed E-state index contributed by atoms with van der Waals surface area (Å²) in [7, 11) is 1.92. The number of likely N-dealkylation sites (N-methyl/N-ethyl adjacent to an activating group) is 1. The molecule has 2 nitrogen and oxygen atoms in total. The Morgan fingerprint density at radius 2 is 2.29 bits per heavy atom. The molecule has 0 saturated carbocycles. The Hall–Kier alpha value is -0.510. The molecule has 0 spiro atoms. The second-order valence-corrected chi connectivity index (χ2v) is 5.31. The summed E-state index contributed by atoms with van der Waals surface area (Å²) >= 11 is 9.68. The predicted octanol–water partition coefficient (Wildman–Crippen LogP) is 4.06. The van der Waals surface area contributed by atoms with Crippen molar-refractivity contribution in [2.75, 3.05) is 13.7 Å². The minimum Gasteiger partial charge on any atom is -0.496 e. The van der Waals surface area contributed by atoms with Crippen molar-refractivity contribution >= 4 is 27.5 Å². The first-order valence-electron chi connectivity index (χ1n) is 5.67. The van der Waals surface area contributed by atoms with Crippen LogP contribution in [0.3, 0.4) is 0 Å². The molecule has 92 valence electrons. The van der Waals surface area contributed by atoms with E-state index in [-0.39, 0.29) is 6.04 Å². The molecule has 1 aromatic carbocycles. The molecule has 1 aromatic rings. The summed E-state index contributed by atoms with van der Waals surface area (Å²) in [5, 5.41) is 4.00. The SMILES string of the molecule is CNC(C1=CCCCO1)c1ccc(Br)cc1Cl. The third-order valence-electron chi connectivity index (χ3n) is 2.81. The maximum Gasteiger partial charge on any atom is 0.113 e. The van der Waals surface area contributed by atoms with E-state index in [0.29, 0.717) is 0 Å². The van der Waals surface area contributed by atoms with Gasteiger partial charge in [0, 0.05) is 9.50 Å². The summed E-state index contributed by atoms with van der Waals surface area (Å²) < 4.78 is 6.68. The van der Waals surface area contributed by atoms with Gasteiger partial charge in [-0.25, -0.2) is 0 Å². The van der Waals surface area contributed by atoms with Gasteiger partial charge in [-0.2, -0.15) is 0 Å². The van der Waals surface area contributed by atoms with Crippen molar-refractivity contribution in [2.45, 2.75) is 18.9 Å². The summed E-state index contributed by atoms with van der Waals surface area (Å²) in [6.07, 6.45) is 4.30. The molecule has 1 aliphatic rings. The first kappa shape index (κ1) is 12.9. The molecule has 0 saturated heterocycles. The molecule has 17 heavy (non-hydrogen) atoms. The van der Waals surface area contributed by atoms with Gasteiger partial charge < -0.3 is 10.1 Å². The lowest BCUT2D eigenvalue weighted by Gasteiger charge is -2.24. The van der Waals surface area contributed by atoms with E-state index in [0.717, 1.165) is 40.3 Å². The molecular formula is C13H15BrClNO. The Balaban J connectivity index is 2.31. The Bertz CT molecular complexity index is 433. The second-order valence-electron chi connectivity index (χ2n) is 3.98. The van der Waals surface area contributed by atoms with Gasteiger partial charge in [0.05, 0.1) is 12.6 Å². The molecule has 2 rings (SSSR count). The number of benzene rings is 1. The monoisotopic (exact) mass is 315 g/mol. The minimum absolute atomic E-state index is 0.0379. The second kappa shape index (κ2) is 5.89. The van der Waals surface area contributed by atoms with Gasteiger partial charge in [-0.1, -0.05) is 33.6 Å². The summed E-state index contributed by atoms with van der Waals surface area (Å²) in [4.78, 5) is 0. The van der Waals surface area contributed by atoms with Crippen LogP contribution in [0.1, 0.15) is 24.4 Å². The van der Waals surface area contributed by atoms with E-state index in [1.165, 1.54) is 0 Å². The van der Waals surface area contributed by atoms with E-state index in [1.54, 1.807) is 0 Å². The first-order chi connectivity index (χ1) is 8.22. The molecule has 1 heterocycles. The quantitative estimate of drug-likeness (QED) is 0.908. The number of nitrogens with one attached hydrogen (secondary N) is 1. The Morgan fingerprint density at radius 3 is 2.88 bits per heavy atom. The highest BCUT2D eigenvalue weighted by atomic mass is 79.9. The van der Waals surface area contributed by atoms with Crippen molar-refractivity contribution in [2.24, 2.45) is 0 Å². The maximum atomic E-state index is 6.27. The van der Waals surface area contributed by atoms with Crippen LogP contribution in [0.25, 0.3) is 0 Å². The van der Waals surface area contributed by atoms with Crippen LogP contribution in [0.15, 0.2) is 34.5 Å². The van der Waals surface area contributed by atoms with Gasteiger partial charge in [-0.15, -0.1) is 0 Å². The molecule has 0 aliphatic carbocycles. The molecule has 0 radical (unpaired) electrons. The van der Waals surface area contributed by atoms with Gasteiger partial charge in [0.1, 0.15) is 5.76 Å². The zero-order chi connectivity index (χ0) is 12.3. The van der Waals surface area contributed by atoms with Crippen LogP contribution in [0.5, 0.6) is 0 Å². The van der Waals surface area contributed by atoms with Crippen LogP contribution in [-0.4, -0.2) is 13.7 Å². The third-order valence-corrected chi connectivity index (χ3v) is 3.63. The standard InChI is InChI=1S/C13H15BrClNO/c1-16-13(12-4-2-3-7-17-12)10-6-5-9(14)8-11(10)15/h4-6,8,13,16H,2-3,7H2,1H3. The predicted molar refractivity (Wildman–Crippen MR) is 74.2 cm³/mol. The third kappa shape index (κ3) is 3.03. The first-order valence-corrected chi connectivity index (χ1v) is 6.84. The topological polar surface area (TPSA) is 21.3 Å². The van der Waals surface area contributed by atoms with Gasteiger partial charge in [-0.3, -0.25) is 0 Å². The summed E-state index contributed by atoms with van der Waals surface area (Å²) in [5.41, 5.74) is 1.05. The highest BCUT2D eigenvalue weighted by molar-refractivity contribution is 9.10. The fourth-order valence-electron chi connectivity index (χ4n) is 1.96. The van der Waals surface area contributed by atoms with Crippen LogP contribution >= 0.6 is 27.5 Å². The number of halogens is 2. The number of ether oxygens (including phenoxy) is 1. The van der Waals surface area contributed by atoms with E-state index in [4.69, 9.17) is 16.3 Å². The molecule has 0 bridgehead atoms. The van der Waals surface area contributed by atoms with Gasteiger partial charge in [0.2, 0.25) is 0 Å². The Labute approximate surface area is 115 Å². The number of allylic oxidation sites excluding steroid dienone is 1. The zero-order valence-electron chi connectivity index (χ0n) is 9.67. The molecular weight excluding hydrogens is 302 g/mol. The summed E-state index contributed by atoms with van der Waals surface area (Å²) in [5.74, 6) is 0.975. The van der Waals surface area contributed by atoms with Crippen molar-refractivity contribution < 1.29 is 4.74 Å². The van der Waals surface area contributed by atoms with Crippen LogP contribution < -0.4 is 5.32 Å². The van der Waals surface area contributed by atoms with Gasteiger partial charge >= 0.3 is 0 Å². The molecule has 4 heteroatoms. The average Bonchev–Trinajstić information content (AvgIpc) is 2.34. The van der Waals surface area contributed by atoms with Crippen LogP contribution in [-0.2, 0) is 4.74 Å². The summed E-state index contributed by atoms with van der Waals surface area (Å²) in [6.45, 7) is 0.790. The minimum atomic E-state index is 0.0379. The Kier molecular flexibility index (Phi) is 4.48. The van der Waals surface area contributed by atoms with Gasteiger partial charge in [0.15, 0.2) is 0 Å². The van der Waals surface area contributed by atoms with Crippen LogP contribution in [0.2, 0.25) is 5.02 Å². The zero-order valence-corrected chi connectivity index (χ0v) is 12.0. The smallest absolute Gasteiger partial charge is 0.113 e. The maximum absolute atomic E-state index is 6.27. The van der Waals surface area contributed by atoms with Gasteiger partial charge in [-0.05, 0) is 43.7 Å². The lowest BCUT2D eigenvalue weighted by Crippen LogP contribution is -2.22. The number of hydrogen-bond donors (Lipinski definition) is 1. The molecule has 0 amide bonds. The van der Waals surface area contributed by atoms with E-state index >= 15 is 0 Å². The molecule has 1 unspecified atom stereocenters. The lowest BCUT2D eigenvalue weighted by atomic mass is 10.0. The summed E-state index contributed by atoms with van der Waals surface area (Å²) in [6, 6.07) is 5.96. The highest BCUT2D eigenvalue weighted by Crippen LogP contribution is 2.32. The normalized spacial score (nSPS) is 17.2. The van der Waals surface area contributed by atoms with Crippen molar-refractivity contribution in [1.82, 2.24) is 5.32 Å². The van der Waals surface area contributed by atoms with E-state index in [1.807, 2.05) is 25.2 Å². The largest absolute Gasteiger partial charge is 0.496 e. The fraction of sp³-hybridized carbons (Fsp3) is 0.385. The molecule has 0 aromatic heterocycles. The van der Waals surface area contributed by atoms with Crippen molar-refractivity contribution in [3.05, 3.63) is 45.1 Å². The number of hydrogen-bond acceptors (Lipinski definition) is 2. The molecule has 1 N–H and O–H groups in total. The van der Waals surface area contributed by atoms with E-state index in [9.17, 15) is 0 Å². The van der Waals surface area contributed by atoms with Crippen molar-refractivity contribution in [3.63, 3.8) is 0 Å². The van der Waals surface area contributed by atoms with E-state index < -0.39 is 0 Å². The van der Waals surface area contributed by atoms with Crippen LogP contribution in [0, 0.1) is 0 Å². The highest BCUT2D eigenvalue weighted by Gasteiger charge is 2.20.